The van der Waals surface area contributed by atoms with Crippen molar-refractivity contribution in [3.05, 3.63) is 0 Å². The highest BCUT2D eigenvalue weighted by atomic mass is 32.2. The summed E-state index contributed by atoms with van der Waals surface area (Å²) in [5.41, 5.74) is 5.01. The monoisotopic (exact) mass is 291 g/mol. The van der Waals surface area contributed by atoms with Crippen molar-refractivity contribution in [2.75, 3.05) is 25.4 Å². The number of carbonyl (C=O) groups excluding carboxylic acids is 1. The smallest absolute Gasteiger partial charge is 0.217 e. The van der Waals surface area contributed by atoms with E-state index in [9.17, 15) is 13.2 Å². The Balaban J connectivity index is 2.11. The summed E-state index contributed by atoms with van der Waals surface area (Å²) in [6.45, 7) is 2.37. The van der Waals surface area contributed by atoms with Crippen LogP contribution in [0.4, 0.5) is 0 Å². The highest BCUT2D eigenvalue weighted by Crippen LogP contribution is 2.16. The van der Waals surface area contributed by atoms with Gasteiger partial charge in [0.25, 0.3) is 0 Å². The van der Waals surface area contributed by atoms with Crippen LogP contribution in [-0.2, 0) is 14.8 Å². The number of nitrogens with one attached hydrogen (secondary N) is 2. The van der Waals surface area contributed by atoms with Crippen LogP contribution >= 0.6 is 0 Å². The molecule has 0 atom stereocenters. The van der Waals surface area contributed by atoms with Crippen LogP contribution in [0.1, 0.15) is 38.5 Å². The van der Waals surface area contributed by atoms with Crippen LogP contribution < -0.4 is 15.8 Å². The van der Waals surface area contributed by atoms with Gasteiger partial charge in [0.1, 0.15) is 0 Å². The molecule has 1 aliphatic heterocycles. The molecule has 0 saturated carbocycles. The van der Waals surface area contributed by atoms with Crippen LogP contribution in [0.15, 0.2) is 0 Å². The second kappa shape index (κ2) is 8.50. The van der Waals surface area contributed by atoms with Crippen molar-refractivity contribution in [2.45, 2.75) is 38.5 Å². The van der Waals surface area contributed by atoms with Gasteiger partial charge in [-0.05, 0) is 51.1 Å². The molecule has 0 aromatic heterocycles. The van der Waals surface area contributed by atoms with Gasteiger partial charge in [0, 0.05) is 13.0 Å². The molecule has 112 valence electrons. The molecule has 1 fully saturated rings. The Kier molecular flexibility index (Phi) is 7.33. The molecule has 1 aliphatic rings. The third kappa shape index (κ3) is 8.18. The van der Waals surface area contributed by atoms with Crippen molar-refractivity contribution < 1.29 is 13.2 Å². The Bertz CT molecular complexity index is 364. The van der Waals surface area contributed by atoms with E-state index in [1.807, 2.05) is 0 Å². The first-order valence-corrected chi connectivity index (χ1v) is 8.61. The first kappa shape index (κ1) is 16.4. The average Bonchev–Trinajstić information content (AvgIpc) is 2.37. The summed E-state index contributed by atoms with van der Waals surface area (Å²) >= 11 is 0. The fourth-order valence-corrected chi connectivity index (χ4v) is 3.46. The quantitative estimate of drug-likeness (QED) is 0.518. The lowest BCUT2D eigenvalue weighted by Gasteiger charge is -2.22. The molecular weight excluding hydrogens is 266 g/mol. The third-order valence-electron chi connectivity index (χ3n) is 3.43. The normalized spacial score (nSPS) is 17.5. The summed E-state index contributed by atoms with van der Waals surface area (Å²) in [6, 6.07) is 0. The van der Waals surface area contributed by atoms with Gasteiger partial charge < -0.3 is 11.1 Å². The molecule has 19 heavy (non-hydrogen) atoms. The predicted octanol–water partition coefficient (Wildman–Crippen LogP) is -0.0489. The molecule has 0 aromatic rings. The van der Waals surface area contributed by atoms with E-state index in [0.29, 0.717) is 31.7 Å². The van der Waals surface area contributed by atoms with Gasteiger partial charge in [-0.2, -0.15) is 0 Å². The Hall–Kier alpha value is -0.660. The number of hydrogen-bond acceptors (Lipinski definition) is 4. The van der Waals surface area contributed by atoms with Gasteiger partial charge in [-0.25, -0.2) is 13.1 Å². The zero-order valence-electron chi connectivity index (χ0n) is 11.4. The molecule has 0 unspecified atom stereocenters. The summed E-state index contributed by atoms with van der Waals surface area (Å²) in [5, 5.41) is 3.27. The SMILES string of the molecule is NC(=O)CCCCNS(=O)(=O)CCC1CCNCC1. The molecule has 7 heteroatoms. The molecule has 4 N–H and O–H groups in total. The molecule has 0 aliphatic carbocycles. The summed E-state index contributed by atoms with van der Waals surface area (Å²) in [7, 11) is -3.17. The summed E-state index contributed by atoms with van der Waals surface area (Å²) in [4.78, 5) is 10.5. The van der Waals surface area contributed by atoms with E-state index in [0.717, 1.165) is 32.4 Å². The first-order valence-electron chi connectivity index (χ1n) is 6.96. The minimum absolute atomic E-state index is 0.202. The van der Waals surface area contributed by atoms with E-state index in [-0.39, 0.29) is 11.7 Å². The molecule has 0 spiro atoms. The van der Waals surface area contributed by atoms with Crippen LogP contribution in [0, 0.1) is 5.92 Å². The molecule has 1 saturated heterocycles. The summed E-state index contributed by atoms with van der Waals surface area (Å²) < 4.78 is 26.1. The molecule has 6 nitrogen and oxygen atoms in total. The molecule has 0 aromatic carbocycles. The largest absolute Gasteiger partial charge is 0.370 e. The number of nitrogens with two attached hydrogens (primary N) is 1. The summed E-state index contributed by atoms with van der Waals surface area (Å²) in [6.07, 6.45) is 4.46. The molecule has 1 heterocycles. The zero-order chi connectivity index (χ0) is 14.1. The van der Waals surface area contributed by atoms with Gasteiger partial charge in [0.2, 0.25) is 15.9 Å². The minimum Gasteiger partial charge on any atom is -0.370 e. The predicted molar refractivity (Wildman–Crippen MR) is 75.0 cm³/mol. The second-order valence-corrected chi connectivity index (χ2v) is 7.05. The van der Waals surface area contributed by atoms with E-state index in [4.69, 9.17) is 5.73 Å². The van der Waals surface area contributed by atoms with Gasteiger partial charge >= 0.3 is 0 Å². The highest BCUT2D eigenvalue weighted by molar-refractivity contribution is 7.89. The van der Waals surface area contributed by atoms with Crippen LogP contribution in [-0.4, -0.2) is 39.7 Å². The number of sulfonamides is 1. The number of amides is 1. The van der Waals surface area contributed by atoms with Crippen molar-refractivity contribution in [1.82, 2.24) is 10.0 Å². The van der Waals surface area contributed by atoms with Crippen molar-refractivity contribution in [1.29, 1.82) is 0 Å². The van der Waals surface area contributed by atoms with E-state index in [2.05, 4.69) is 10.0 Å². The Morgan fingerprint density at radius 1 is 1.26 bits per heavy atom. The Morgan fingerprint density at radius 3 is 2.58 bits per heavy atom. The van der Waals surface area contributed by atoms with Crippen LogP contribution in [0.2, 0.25) is 0 Å². The standard InChI is InChI=1S/C12H25N3O3S/c13-12(16)3-1-2-7-15-19(17,18)10-6-11-4-8-14-9-5-11/h11,14-15H,1-10H2,(H2,13,16). The van der Waals surface area contributed by atoms with E-state index >= 15 is 0 Å². The number of primary amides is 1. The van der Waals surface area contributed by atoms with Crippen LogP contribution in [0.5, 0.6) is 0 Å². The van der Waals surface area contributed by atoms with E-state index in [1.54, 1.807) is 0 Å². The minimum atomic E-state index is -3.17. The topological polar surface area (TPSA) is 101 Å². The van der Waals surface area contributed by atoms with Crippen LogP contribution in [0.3, 0.4) is 0 Å². The fraction of sp³-hybridized carbons (Fsp3) is 0.917. The number of hydrogen-bond donors (Lipinski definition) is 3. The number of unbranched alkanes of at least 4 members (excludes halogenated alkanes) is 1. The second-order valence-electron chi connectivity index (χ2n) is 5.12. The molecule has 1 amide bonds. The third-order valence-corrected chi connectivity index (χ3v) is 4.84. The fourth-order valence-electron chi connectivity index (χ4n) is 2.22. The Morgan fingerprint density at radius 2 is 1.95 bits per heavy atom. The van der Waals surface area contributed by atoms with E-state index < -0.39 is 10.0 Å². The van der Waals surface area contributed by atoms with Crippen molar-refractivity contribution >= 4 is 15.9 Å². The molecule has 0 bridgehead atoms. The van der Waals surface area contributed by atoms with Crippen LogP contribution in [0.25, 0.3) is 0 Å². The van der Waals surface area contributed by atoms with Gasteiger partial charge in [-0.3, -0.25) is 4.79 Å². The Labute approximate surface area is 115 Å². The molecule has 0 radical (unpaired) electrons. The lowest BCUT2D eigenvalue weighted by Crippen LogP contribution is -2.32. The van der Waals surface area contributed by atoms with Crippen molar-refractivity contribution in [3.8, 4) is 0 Å². The highest BCUT2D eigenvalue weighted by Gasteiger charge is 2.17. The van der Waals surface area contributed by atoms with Crippen molar-refractivity contribution in [2.24, 2.45) is 11.7 Å². The number of piperidine rings is 1. The lowest BCUT2D eigenvalue weighted by atomic mass is 9.96. The molecule has 1 rings (SSSR count). The average molecular weight is 291 g/mol. The van der Waals surface area contributed by atoms with Gasteiger partial charge in [0.05, 0.1) is 5.75 Å². The molecular formula is C12H25N3O3S. The maximum atomic E-state index is 11.8. The van der Waals surface area contributed by atoms with Gasteiger partial charge in [0.15, 0.2) is 0 Å². The maximum Gasteiger partial charge on any atom is 0.217 e. The lowest BCUT2D eigenvalue weighted by molar-refractivity contribution is -0.118. The number of rotatable bonds is 9. The number of carbonyl (C=O) groups is 1. The van der Waals surface area contributed by atoms with Crippen molar-refractivity contribution in [3.63, 3.8) is 0 Å². The first-order chi connectivity index (χ1) is 8.99. The van der Waals surface area contributed by atoms with Gasteiger partial charge in [-0.15, -0.1) is 0 Å². The zero-order valence-corrected chi connectivity index (χ0v) is 12.2. The summed E-state index contributed by atoms with van der Waals surface area (Å²) in [5.74, 6) is 0.384. The maximum absolute atomic E-state index is 11.8. The van der Waals surface area contributed by atoms with Gasteiger partial charge in [-0.1, -0.05) is 0 Å². The van der Waals surface area contributed by atoms with E-state index in [1.165, 1.54) is 0 Å².